The Kier molecular flexibility index (Phi) is 4.60. The molecule has 0 bridgehead atoms. The Morgan fingerprint density at radius 2 is 2.00 bits per heavy atom. The first kappa shape index (κ1) is 14.9. The highest BCUT2D eigenvalue weighted by molar-refractivity contribution is 5.31. The summed E-state index contributed by atoms with van der Waals surface area (Å²) in [5.74, 6) is 2.57. The van der Waals surface area contributed by atoms with E-state index in [1.54, 1.807) is 7.11 Å². The maximum absolute atomic E-state index is 10.1. The number of ether oxygens (including phenoxy) is 2. The van der Waals surface area contributed by atoms with Gasteiger partial charge in [0, 0.05) is 32.0 Å². The van der Waals surface area contributed by atoms with Gasteiger partial charge in [-0.3, -0.25) is 4.90 Å². The highest BCUT2D eigenvalue weighted by atomic mass is 16.5. The summed E-state index contributed by atoms with van der Waals surface area (Å²) in [7, 11) is 1.63. The fourth-order valence-corrected chi connectivity index (χ4v) is 2.59. The smallest absolute Gasteiger partial charge is 0.122 e. The molecule has 1 aromatic heterocycles. The van der Waals surface area contributed by atoms with Crippen LogP contribution in [0, 0.1) is 0 Å². The monoisotopic (exact) mass is 303 g/mol. The molecule has 2 aromatic rings. The van der Waals surface area contributed by atoms with Crippen LogP contribution in [-0.4, -0.2) is 52.5 Å². The highest BCUT2D eigenvalue weighted by Gasteiger charge is 2.19. The van der Waals surface area contributed by atoms with E-state index in [4.69, 9.17) is 9.47 Å². The van der Waals surface area contributed by atoms with Crippen molar-refractivity contribution in [3.8, 4) is 11.5 Å². The molecule has 3 rings (SSSR count). The minimum Gasteiger partial charge on any atom is -0.497 e. The SMILES string of the molecule is COc1ccc(OC[C@@H](O)CN2CCn3ccnc3C2)cc1. The number of hydrogen-bond acceptors (Lipinski definition) is 5. The molecule has 0 radical (unpaired) electrons. The van der Waals surface area contributed by atoms with Crippen molar-refractivity contribution >= 4 is 0 Å². The van der Waals surface area contributed by atoms with Crippen LogP contribution in [0.2, 0.25) is 0 Å². The molecule has 2 heterocycles. The molecule has 0 unspecified atom stereocenters. The van der Waals surface area contributed by atoms with Gasteiger partial charge in [-0.05, 0) is 24.3 Å². The molecule has 0 saturated carbocycles. The van der Waals surface area contributed by atoms with Gasteiger partial charge in [-0.2, -0.15) is 0 Å². The molecule has 6 nitrogen and oxygen atoms in total. The van der Waals surface area contributed by atoms with Gasteiger partial charge in [0.15, 0.2) is 0 Å². The Balaban J connectivity index is 1.45. The van der Waals surface area contributed by atoms with E-state index in [1.807, 2.05) is 36.7 Å². The molecule has 22 heavy (non-hydrogen) atoms. The van der Waals surface area contributed by atoms with Crippen LogP contribution in [-0.2, 0) is 13.1 Å². The Morgan fingerprint density at radius 1 is 1.23 bits per heavy atom. The van der Waals surface area contributed by atoms with Crippen LogP contribution in [0.25, 0.3) is 0 Å². The van der Waals surface area contributed by atoms with E-state index in [-0.39, 0.29) is 6.61 Å². The quantitative estimate of drug-likeness (QED) is 0.867. The van der Waals surface area contributed by atoms with Gasteiger partial charge in [-0.25, -0.2) is 4.98 Å². The van der Waals surface area contributed by atoms with Crippen LogP contribution in [0.1, 0.15) is 5.82 Å². The maximum atomic E-state index is 10.1. The molecule has 1 aliphatic heterocycles. The summed E-state index contributed by atoms with van der Waals surface area (Å²) in [5, 5.41) is 10.1. The molecule has 1 aromatic carbocycles. The first-order valence-corrected chi connectivity index (χ1v) is 7.42. The van der Waals surface area contributed by atoms with Crippen molar-refractivity contribution in [2.75, 3.05) is 26.8 Å². The van der Waals surface area contributed by atoms with Crippen molar-refractivity contribution in [2.45, 2.75) is 19.2 Å². The third-order valence-electron chi connectivity index (χ3n) is 3.79. The topological polar surface area (TPSA) is 59.8 Å². The van der Waals surface area contributed by atoms with Crippen LogP contribution >= 0.6 is 0 Å². The second-order valence-electron chi connectivity index (χ2n) is 5.41. The number of aliphatic hydroxyl groups excluding tert-OH is 1. The zero-order valence-corrected chi connectivity index (χ0v) is 12.7. The van der Waals surface area contributed by atoms with Gasteiger partial charge in [0.25, 0.3) is 0 Å². The fourth-order valence-electron chi connectivity index (χ4n) is 2.59. The molecule has 1 aliphatic rings. The minimum absolute atomic E-state index is 0.275. The highest BCUT2D eigenvalue weighted by Crippen LogP contribution is 2.17. The Hall–Kier alpha value is -2.05. The molecule has 1 N–H and O–H groups in total. The van der Waals surface area contributed by atoms with Gasteiger partial charge in [-0.1, -0.05) is 0 Å². The normalized spacial score (nSPS) is 16.1. The molecule has 1 atom stereocenters. The minimum atomic E-state index is -0.524. The Bertz CT molecular complexity index is 597. The van der Waals surface area contributed by atoms with Crippen molar-refractivity contribution < 1.29 is 14.6 Å². The van der Waals surface area contributed by atoms with Gasteiger partial charge in [-0.15, -0.1) is 0 Å². The summed E-state index contributed by atoms with van der Waals surface area (Å²) in [6, 6.07) is 7.35. The molecule has 0 fully saturated rings. The number of hydrogen-bond donors (Lipinski definition) is 1. The number of fused-ring (bicyclic) bond motifs is 1. The zero-order chi connectivity index (χ0) is 15.4. The van der Waals surface area contributed by atoms with Crippen LogP contribution in [0.3, 0.4) is 0 Å². The molecule has 0 aliphatic carbocycles. The summed E-state index contributed by atoms with van der Waals surface area (Å²) in [4.78, 5) is 6.52. The predicted molar refractivity (Wildman–Crippen MR) is 82.0 cm³/mol. The number of methoxy groups -OCH3 is 1. The Labute approximate surface area is 129 Å². The Morgan fingerprint density at radius 3 is 2.77 bits per heavy atom. The second kappa shape index (κ2) is 6.81. The third-order valence-corrected chi connectivity index (χ3v) is 3.79. The number of aromatic nitrogens is 2. The van der Waals surface area contributed by atoms with E-state index in [2.05, 4.69) is 14.5 Å². The molecule has 0 amide bonds. The predicted octanol–water partition coefficient (Wildman–Crippen LogP) is 1.15. The lowest BCUT2D eigenvalue weighted by atomic mass is 10.3. The van der Waals surface area contributed by atoms with E-state index in [0.717, 1.165) is 37.0 Å². The van der Waals surface area contributed by atoms with E-state index < -0.39 is 6.10 Å². The van der Waals surface area contributed by atoms with Crippen molar-refractivity contribution in [1.82, 2.24) is 14.5 Å². The first-order valence-electron chi connectivity index (χ1n) is 7.42. The van der Waals surface area contributed by atoms with E-state index in [0.29, 0.717) is 6.54 Å². The van der Waals surface area contributed by atoms with Crippen molar-refractivity contribution in [3.63, 3.8) is 0 Å². The summed E-state index contributed by atoms with van der Waals surface area (Å²) >= 11 is 0. The lowest BCUT2D eigenvalue weighted by molar-refractivity contribution is 0.0583. The number of nitrogens with zero attached hydrogens (tertiary/aromatic N) is 3. The van der Waals surface area contributed by atoms with E-state index in [1.165, 1.54) is 0 Å². The lowest BCUT2D eigenvalue weighted by Gasteiger charge is -2.29. The average Bonchev–Trinajstić information content (AvgIpc) is 3.01. The molecular weight excluding hydrogens is 282 g/mol. The summed E-state index contributed by atoms with van der Waals surface area (Å²) in [6.45, 7) is 3.47. The average molecular weight is 303 g/mol. The van der Waals surface area contributed by atoms with Crippen LogP contribution in [0.4, 0.5) is 0 Å². The summed E-state index contributed by atoms with van der Waals surface area (Å²) in [5.41, 5.74) is 0. The fraction of sp³-hybridized carbons (Fsp3) is 0.438. The van der Waals surface area contributed by atoms with Crippen LogP contribution in [0.15, 0.2) is 36.7 Å². The number of imidazole rings is 1. The van der Waals surface area contributed by atoms with Crippen molar-refractivity contribution in [2.24, 2.45) is 0 Å². The second-order valence-corrected chi connectivity index (χ2v) is 5.41. The lowest BCUT2D eigenvalue weighted by Crippen LogP contribution is -2.40. The van der Waals surface area contributed by atoms with Gasteiger partial charge >= 0.3 is 0 Å². The third kappa shape index (κ3) is 3.58. The molecule has 0 saturated heterocycles. The van der Waals surface area contributed by atoms with Crippen LogP contribution in [0.5, 0.6) is 11.5 Å². The van der Waals surface area contributed by atoms with Crippen molar-refractivity contribution in [3.05, 3.63) is 42.5 Å². The first-order chi connectivity index (χ1) is 10.7. The number of aliphatic hydroxyl groups is 1. The zero-order valence-electron chi connectivity index (χ0n) is 12.7. The van der Waals surface area contributed by atoms with Gasteiger partial charge in [0.2, 0.25) is 0 Å². The number of rotatable bonds is 6. The van der Waals surface area contributed by atoms with Gasteiger partial charge in [0.05, 0.1) is 13.7 Å². The van der Waals surface area contributed by atoms with Gasteiger partial charge < -0.3 is 19.1 Å². The van der Waals surface area contributed by atoms with E-state index in [9.17, 15) is 5.11 Å². The molecule has 6 heteroatoms. The van der Waals surface area contributed by atoms with E-state index >= 15 is 0 Å². The van der Waals surface area contributed by atoms with Crippen LogP contribution < -0.4 is 9.47 Å². The number of β-amino-alcohol motifs (C(OH)–C–C–N with tert-alkyl or cyclic N) is 1. The van der Waals surface area contributed by atoms with Crippen molar-refractivity contribution in [1.29, 1.82) is 0 Å². The largest absolute Gasteiger partial charge is 0.497 e. The molecular formula is C16H21N3O3. The summed E-state index contributed by atoms with van der Waals surface area (Å²) < 4.78 is 12.9. The molecule has 118 valence electrons. The number of benzene rings is 1. The standard InChI is InChI=1S/C16H21N3O3/c1-21-14-2-4-15(5-3-14)22-12-13(20)10-18-8-9-19-7-6-17-16(19)11-18/h2-7,13,20H,8-12H2,1H3/t13-/m0/s1. The maximum Gasteiger partial charge on any atom is 0.122 e. The summed E-state index contributed by atoms with van der Waals surface area (Å²) in [6.07, 6.45) is 3.29. The molecule has 0 spiro atoms. The van der Waals surface area contributed by atoms with Gasteiger partial charge in [0.1, 0.15) is 30.0 Å².